The van der Waals surface area contributed by atoms with Crippen molar-refractivity contribution in [2.75, 3.05) is 0 Å². The first-order chi connectivity index (χ1) is 11.2. The largest absolute Gasteiger partial charge is 0.460 e. The van der Waals surface area contributed by atoms with Gasteiger partial charge in [-0.15, -0.1) is 0 Å². The summed E-state index contributed by atoms with van der Waals surface area (Å²) in [4.78, 5) is 16.8. The van der Waals surface area contributed by atoms with Crippen LogP contribution in [0, 0.1) is 18.8 Å². The minimum absolute atomic E-state index is 0.354. The summed E-state index contributed by atoms with van der Waals surface area (Å²) < 4.78 is 5.09. The number of aldehydes is 1. The lowest BCUT2D eigenvalue weighted by molar-refractivity contribution is 0.109. The summed E-state index contributed by atoms with van der Waals surface area (Å²) in [6.45, 7) is 1.95. The maximum Gasteiger partial charge on any atom is 0.186 e. The van der Waals surface area contributed by atoms with Crippen molar-refractivity contribution < 1.29 is 9.21 Å². The van der Waals surface area contributed by atoms with Crippen molar-refractivity contribution in [2.45, 2.75) is 16.7 Å². The van der Waals surface area contributed by atoms with Crippen LogP contribution in [0.25, 0.3) is 0 Å². The number of benzene rings is 1. The number of carbonyl (C=O) groups excluding carboxylic acids is 1. The van der Waals surface area contributed by atoms with E-state index in [4.69, 9.17) is 4.42 Å². The molecule has 0 unspecified atom stereocenters. The number of furan rings is 1. The van der Waals surface area contributed by atoms with Gasteiger partial charge in [0.2, 0.25) is 0 Å². The van der Waals surface area contributed by atoms with Gasteiger partial charge in [-0.1, -0.05) is 23.6 Å². The minimum atomic E-state index is 0.354. The van der Waals surface area contributed by atoms with E-state index in [1.807, 2.05) is 43.3 Å². The highest BCUT2D eigenvalue weighted by atomic mass is 32.2. The molecule has 0 atom stereocenters. The monoisotopic (exact) mass is 319 g/mol. The van der Waals surface area contributed by atoms with Gasteiger partial charge in [0.05, 0.1) is 11.2 Å². The Morgan fingerprint density at radius 2 is 1.87 bits per heavy atom. The second-order valence-electron chi connectivity index (χ2n) is 4.83. The Bertz CT molecular complexity index is 885. The van der Waals surface area contributed by atoms with Gasteiger partial charge in [-0.25, -0.2) is 0 Å². The molecule has 0 aliphatic rings. The molecule has 3 nitrogen and oxygen atoms in total. The van der Waals surface area contributed by atoms with Crippen molar-refractivity contribution in [3.05, 3.63) is 77.5 Å². The van der Waals surface area contributed by atoms with Crippen molar-refractivity contribution in [2.24, 2.45) is 0 Å². The van der Waals surface area contributed by atoms with Crippen LogP contribution in [0.15, 0.2) is 69.1 Å². The molecular formula is C19H13NO2S. The van der Waals surface area contributed by atoms with Gasteiger partial charge in [-0.3, -0.25) is 9.78 Å². The van der Waals surface area contributed by atoms with E-state index in [-0.39, 0.29) is 0 Å². The molecule has 4 heteroatoms. The summed E-state index contributed by atoms with van der Waals surface area (Å²) in [5.74, 6) is 6.62. The molecule has 0 aliphatic heterocycles. The van der Waals surface area contributed by atoms with Crippen molar-refractivity contribution in [1.29, 1.82) is 0 Å². The lowest BCUT2D eigenvalue weighted by Crippen LogP contribution is -1.82. The van der Waals surface area contributed by atoms with Crippen LogP contribution < -0.4 is 0 Å². The highest BCUT2D eigenvalue weighted by molar-refractivity contribution is 7.99. The van der Waals surface area contributed by atoms with Gasteiger partial charge in [0.1, 0.15) is 0 Å². The van der Waals surface area contributed by atoms with E-state index in [0.717, 1.165) is 32.9 Å². The lowest BCUT2D eigenvalue weighted by Gasteiger charge is -1.99. The van der Waals surface area contributed by atoms with Crippen LogP contribution in [0.2, 0.25) is 0 Å². The summed E-state index contributed by atoms with van der Waals surface area (Å²) in [5.41, 5.74) is 2.84. The van der Waals surface area contributed by atoms with E-state index in [0.29, 0.717) is 5.76 Å². The van der Waals surface area contributed by atoms with Crippen LogP contribution >= 0.6 is 11.8 Å². The van der Waals surface area contributed by atoms with E-state index in [2.05, 4.69) is 16.8 Å². The fourth-order valence-corrected chi connectivity index (χ4v) is 2.83. The summed E-state index contributed by atoms with van der Waals surface area (Å²) >= 11 is 1.49. The molecule has 1 aromatic carbocycles. The second kappa shape index (κ2) is 6.99. The molecule has 2 heterocycles. The highest BCUT2D eigenvalue weighted by Gasteiger charge is 2.06. The van der Waals surface area contributed by atoms with Gasteiger partial charge >= 0.3 is 0 Å². The first-order valence-corrected chi connectivity index (χ1v) is 7.81. The van der Waals surface area contributed by atoms with Crippen LogP contribution in [0.5, 0.6) is 0 Å². The molecule has 0 spiro atoms. The van der Waals surface area contributed by atoms with Gasteiger partial charge in [-0.05, 0) is 49.4 Å². The molecule has 3 aromatic rings. The van der Waals surface area contributed by atoms with Gasteiger partial charge in [0.15, 0.2) is 12.0 Å². The number of nitrogens with zero attached hydrogens (tertiary/aromatic N) is 1. The molecule has 0 radical (unpaired) electrons. The minimum Gasteiger partial charge on any atom is -0.460 e. The quantitative estimate of drug-likeness (QED) is 0.532. The molecule has 3 rings (SSSR count). The number of carbonyl (C=O) groups is 1. The molecule has 0 bridgehead atoms. The van der Waals surface area contributed by atoms with E-state index in [9.17, 15) is 4.79 Å². The predicted octanol–water partition coefficient (Wildman–Crippen LogP) is 4.35. The van der Waals surface area contributed by atoms with Crippen LogP contribution in [-0.2, 0) is 0 Å². The van der Waals surface area contributed by atoms with Crippen molar-refractivity contribution >= 4 is 18.0 Å². The average Bonchev–Trinajstić information content (AvgIpc) is 3.01. The Labute approximate surface area is 138 Å². The molecule has 2 aromatic heterocycles. The molecule has 0 fully saturated rings. The number of hydrogen-bond donors (Lipinski definition) is 0. The lowest BCUT2D eigenvalue weighted by atomic mass is 10.2. The summed E-state index contributed by atoms with van der Waals surface area (Å²) in [5, 5.41) is 0. The van der Waals surface area contributed by atoms with Gasteiger partial charge in [-0.2, -0.15) is 0 Å². The zero-order chi connectivity index (χ0) is 16.1. The molecule has 112 valence electrons. The Kier molecular flexibility index (Phi) is 4.60. The third-order valence-electron chi connectivity index (χ3n) is 3.09. The maximum atomic E-state index is 10.8. The zero-order valence-electron chi connectivity index (χ0n) is 12.4. The Hall–Kier alpha value is -2.77. The first kappa shape index (κ1) is 15.1. The number of aromatic nitrogens is 1. The summed E-state index contributed by atoms with van der Waals surface area (Å²) in [6, 6.07) is 13.5. The average molecular weight is 319 g/mol. The number of rotatable bonds is 3. The summed E-state index contributed by atoms with van der Waals surface area (Å²) in [6.07, 6.45) is 4.00. The Morgan fingerprint density at radius 3 is 2.61 bits per heavy atom. The zero-order valence-corrected chi connectivity index (χ0v) is 13.3. The normalized spacial score (nSPS) is 9.96. The van der Waals surface area contributed by atoms with E-state index in [1.165, 1.54) is 18.0 Å². The van der Waals surface area contributed by atoms with E-state index >= 15 is 0 Å². The van der Waals surface area contributed by atoms with Crippen molar-refractivity contribution in [3.8, 4) is 11.8 Å². The van der Waals surface area contributed by atoms with Gasteiger partial charge < -0.3 is 4.42 Å². The van der Waals surface area contributed by atoms with Crippen LogP contribution in [0.1, 0.15) is 27.4 Å². The van der Waals surface area contributed by atoms with Gasteiger partial charge in [0, 0.05) is 27.9 Å². The molecule has 23 heavy (non-hydrogen) atoms. The van der Waals surface area contributed by atoms with Crippen LogP contribution in [0.3, 0.4) is 0 Å². The van der Waals surface area contributed by atoms with E-state index < -0.39 is 0 Å². The topological polar surface area (TPSA) is 43.1 Å². The SMILES string of the molecule is Cc1cc(C#Cc2ccc(Sc3ccoc3C=O)cc2)ccn1. The molecule has 0 aliphatic carbocycles. The molecular weight excluding hydrogens is 306 g/mol. The first-order valence-electron chi connectivity index (χ1n) is 7.00. The number of aryl methyl sites for hydroxylation is 1. The van der Waals surface area contributed by atoms with Crippen LogP contribution in [-0.4, -0.2) is 11.3 Å². The fraction of sp³-hybridized carbons (Fsp3) is 0.0526. The number of pyridine rings is 1. The number of hydrogen-bond acceptors (Lipinski definition) is 4. The molecule has 0 amide bonds. The second-order valence-corrected chi connectivity index (χ2v) is 5.94. The van der Waals surface area contributed by atoms with Crippen molar-refractivity contribution in [1.82, 2.24) is 4.98 Å². The van der Waals surface area contributed by atoms with Gasteiger partial charge in [0.25, 0.3) is 0 Å². The molecule has 0 N–H and O–H groups in total. The highest BCUT2D eigenvalue weighted by Crippen LogP contribution is 2.30. The third kappa shape index (κ3) is 3.91. The predicted molar refractivity (Wildman–Crippen MR) is 89.6 cm³/mol. The fourth-order valence-electron chi connectivity index (χ4n) is 1.98. The summed E-state index contributed by atoms with van der Waals surface area (Å²) in [7, 11) is 0. The molecule has 0 saturated heterocycles. The standard InChI is InChI=1S/C19H13NO2S/c1-14-12-16(8-10-20-14)3-2-15-4-6-17(7-5-15)23-19-9-11-22-18(19)13-21/h4-13H,1H3. The smallest absolute Gasteiger partial charge is 0.186 e. The van der Waals surface area contributed by atoms with E-state index in [1.54, 1.807) is 12.3 Å². The maximum absolute atomic E-state index is 10.8. The van der Waals surface area contributed by atoms with Crippen LogP contribution in [0.4, 0.5) is 0 Å². The Balaban J connectivity index is 1.74. The molecule has 0 saturated carbocycles. The third-order valence-corrected chi connectivity index (χ3v) is 4.16. The van der Waals surface area contributed by atoms with Crippen molar-refractivity contribution in [3.63, 3.8) is 0 Å². The Morgan fingerprint density at radius 1 is 1.09 bits per heavy atom.